The number of terminal acetylenes is 1. The third kappa shape index (κ3) is 11.6. The number of carbonyl (C=O) groups excluding carboxylic acids is 2. The van der Waals surface area contributed by atoms with Gasteiger partial charge in [-0.15, -0.1) is 12.3 Å². The second-order valence-corrected chi connectivity index (χ2v) is 9.09. The number of aliphatic hydroxyl groups excluding tert-OH is 3. The smallest absolute Gasteiger partial charge is 0.335 e. The molecule has 1 unspecified atom stereocenters. The van der Waals surface area contributed by atoms with Gasteiger partial charge in [0.15, 0.2) is 6.10 Å². The van der Waals surface area contributed by atoms with Crippen LogP contribution in [0.15, 0.2) is 23.3 Å². The molecule has 0 aromatic heterocycles. The predicted molar refractivity (Wildman–Crippen MR) is 146 cm³/mol. The molecular formula is C26H34FN5O12. The molecule has 6 atom stereocenters. The van der Waals surface area contributed by atoms with E-state index in [-0.39, 0.29) is 69.6 Å². The second kappa shape index (κ2) is 19.3. The Morgan fingerprint density at radius 1 is 1.11 bits per heavy atom. The Morgan fingerprint density at radius 2 is 1.82 bits per heavy atom. The molecule has 1 fully saturated rings. The van der Waals surface area contributed by atoms with E-state index in [0.29, 0.717) is 0 Å². The quantitative estimate of drug-likeness (QED) is 0.0376. The summed E-state index contributed by atoms with van der Waals surface area (Å²) >= 11 is 0. The molecule has 0 saturated carbocycles. The van der Waals surface area contributed by atoms with Crippen LogP contribution in [0.3, 0.4) is 0 Å². The molecule has 44 heavy (non-hydrogen) atoms. The highest BCUT2D eigenvalue weighted by Gasteiger charge is 2.48. The topological polar surface area (TPSA) is 251 Å². The van der Waals surface area contributed by atoms with E-state index in [4.69, 9.17) is 35.6 Å². The van der Waals surface area contributed by atoms with Crippen molar-refractivity contribution in [3.8, 4) is 18.1 Å². The lowest BCUT2D eigenvalue weighted by Crippen LogP contribution is -2.61. The van der Waals surface area contributed by atoms with Crippen molar-refractivity contribution in [3.63, 3.8) is 0 Å². The number of amides is 2. The van der Waals surface area contributed by atoms with Gasteiger partial charge < -0.3 is 54.7 Å². The predicted octanol–water partition coefficient (Wildman–Crippen LogP) is -0.419. The highest BCUT2D eigenvalue weighted by molar-refractivity contribution is 5.97. The molecule has 1 aliphatic rings. The Bertz CT molecular complexity index is 1190. The number of hydrogen-bond acceptors (Lipinski definition) is 12. The molecule has 18 heteroatoms. The number of benzene rings is 1. The minimum absolute atomic E-state index is 0.0743. The lowest BCUT2D eigenvalue weighted by Gasteiger charge is -2.38. The maximum absolute atomic E-state index is 13.9. The van der Waals surface area contributed by atoms with E-state index < -0.39 is 61.2 Å². The summed E-state index contributed by atoms with van der Waals surface area (Å²) in [6, 6.07) is 2.66. The molecule has 1 aliphatic heterocycles. The molecule has 17 nitrogen and oxygen atoms in total. The van der Waals surface area contributed by atoms with Crippen molar-refractivity contribution < 1.29 is 62.9 Å². The number of ether oxygens (including phenoxy) is 5. The fraction of sp³-hybridized carbons (Fsp3) is 0.577. The first-order valence-corrected chi connectivity index (χ1v) is 13.2. The fourth-order valence-corrected chi connectivity index (χ4v) is 3.75. The first-order valence-electron chi connectivity index (χ1n) is 13.2. The Kier molecular flexibility index (Phi) is 15.8. The van der Waals surface area contributed by atoms with Gasteiger partial charge in [-0.05, 0) is 30.2 Å². The van der Waals surface area contributed by atoms with Crippen LogP contribution >= 0.6 is 0 Å². The first kappa shape index (κ1) is 36.1. The summed E-state index contributed by atoms with van der Waals surface area (Å²) in [5, 5.41) is 47.4. The zero-order valence-electron chi connectivity index (χ0n) is 23.4. The number of nitrogens with one attached hydrogen (secondary N) is 2. The molecule has 0 spiro atoms. The molecule has 1 aromatic rings. The van der Waals surface area contributed by atoms with Gasteiger partial charge in [-0.2, -0.15) is 0 Å². The summed E-state index contributed by atoms with van der Waals surface area (Å²) in [4.78, 5) is 39.1. The van der Waals surface area contributed by atoms with Gasteiger partial charge in [-0.3, -0.25) is 9.59 Å². The molecule has 0 aliphatic carbocycles. The lowest BCUT2D eigenvalue weighted by atomic mass is 9.99. The number of nitrogens with zero attached hydrogens (tertiary/aromatic N) is 3. The van der Waals surface area contributed by atoms with Crippen LogP contribution in [0, 0.1) is 12.3 Å². The summed E-state index contributed by atoms with van der Waals surface area (Å²) in [7, 11) is 0. The number of aliphatic carboxylic acids is 1. The summed E-state index contributed by atoms with van der Waals surface area (Å²) in [5.41, 5.74) is 8.11. The van der Waals surface area contributed by atoms with Crippen molar-refractivity contribution in [3.05, 3.63) is 34.2 Å². The summed E-state index contributed by atoms with van der Waals surface area (Å²) < 4.78 is 39.7. The minimum atomic E-state index is -1.93. The maximum atomic E-state index is 13.9. The van der Waals surface area contributed by atoms with Crippen LogP contribution in [-0.4, -0.2) is 115 Å². The number of carboxylic acids is 1. The largest absolute Gasteiger partial charge is 0.479 e. The normalized spacial score (nSPS) is 21.8. The van der Waals surface area contributed by atoms with Crippen molar-refractivity contribution >= 4 is 23.5 Å². The van der Waals surface area contributed by atoms with Crippen LogP contribution in [-0.2, 0) is 40.0 Å². The van der Waals surface area contributed by atoms with Gasteiger partial charge in [-0.1, -0.05) is 5.11 Å². The van der Waals surface area contributed by atoms with Gasteiger partial charge in [0.25, 0.3) is 0 Å². The van der Waals surface area contributed by atoms with Crippen LogP contribution in [0.4, 0.5) is 10.1 Å². The molecule has 1 saturated heterocycles. The first-order chi connectivity index (χ1) is 21.1. The Labute approximate surface area is 250 Å². The number of halogens is 1. The standard InChI is InChI=1S/C26H34FN5O12/c1-2-3-4-17(31-19(33)13-41-9-7-40-8-10-42-14-29-32-28)24(37)30-16-5-6-18(15(11-16)12-27)43-26-22(36)20(34)21(35)23(44-26)25(38)39/h1,5-6,11,17,20-23,26,34-36H,3-4,7-10,12-14H2,(H,30,37)(H,31,33)(H,38,39)/t17?,20-,21-,22+,23-,26+/m1/s1. The van der Waals surface area contributed by atoms with Gasteiger partial charge in [0.2, 0.25) is 18.1 Å². The summed E-state index contributed by atoms with van der Waals surface area (Å²) in [6.45, 7) is -0.952. The van der Waals surface area contributed by atoms with Gasteiger partial charge in [0.1, 0.15) is 50.1 Å². The number of anilines is 1. The van der Waals surface area contributed by atoms with Crippen molar-refractivity contribution in [1.82, 2.24) is 5.32 Å². The third-order valence-corrected chi connectivity index (χ3v) is 5.95. The number of carbonyl (C=O) groups is 3. The zero-order chi connectivity index (χ0) is 32.5. The van der Waals surface area contributed by atoms with E-state index in [1.807, 2.05) is 0 Å². The lowest BCUT2D eigenvalue weighted by molar-refractivity contribution is -0.271. The van der Waals surface area contributed by atoms with Crippen molar-refractivity contribution in [2.45, 2.75) is 56.3 Å². The summed E-state index contributed by atoms with van der Waals surface area (Å²) in [6.07, 6.45) is -3.85. The monoisotopic (exact) mass is 627 g/mol. The molecule has 1 heterocycles. The average molecular weight is 628 g/mol. The van der Waals surface area contributed by atoms with Crippen LogP contribution in [0.1, 0.15) is 18.4 Å². The highest BCUT2D eigenvalue weighted by Crippen LogP contribution is 2.29. The SMILES string of the molecule is C#CCCC(NC(=O)COCCOCCOCN=[N+]=[N-])C(=O)Nc1ccc(O[C@H]2O[C@@H](C(=O)O)[C@H](O)[C@@H](O)[C@@H]2O)c(CF)c1. The van der Waals surface area contributed by atoms with Crippen LogP contribution in [0.25, 0.3) is 10.4 Å². The number of aliphatic hydroxyl groups is 3. The molecule has 1 aromatic carbocycles. The van der Waals surface area contributed by atoms with Gasteiger partial charge in [-0.25, -0.2) is 9.18 Å². The molecule has 242 valence electrons. The number of rotatable bonds is 19. The van der Waals surface area contributed by atoms with Crippen LogP contribution in [0.5, 0.6) is 5.75 Å². The van der Waals surface area contributed by atoms with Crippen molar-refractivity contribution in [1.29, 1.82) is 0 Å². The van der Waals surface area contributed by atoms with Crippen molar-refractivity contribution in [2.75, 3.05) is 45.1 Å². The van der Waals surface area contributed by atoms with Gasteiger partial charge in [0.05, 0.1) is 26.4 Å². The van der Waals surface area contributed by atoms with Crippen LogP contribution in [0.2, 0.25) is 0 Å². The molecule has 0 radical (unpaired) electrons. The van der Waals surface area contributed by atoms with E-state index in [0.717, 1.165) is 0 Å². The number of hydrogen-bond donors (Lipinski definition) is 6. The number of azide groups is 1. The van der Waals surface area contributed by atoms with Crippen molar-refractivity contribution in [2.24, 2.45) is 5.11 Å². The Balaban J connectivity index is 1.92. The molecule has 0 bridgehead atoms. The van der Waals surface area contributed by atoms with E-state index in [1.165, 1.54) is 18.2 Å². The number of carboxylic acid groups (broad SMARTS) is 1. The third-order valence-electron chi connectivity index (χ3n) is 5.95. The fourth-order valence-electron chi connectivity index (χ4n) is 3.75. The molecular weight excluding hydrogens is 593 g/mol. The zero-order valence-corrected chi connectivity index (χ0v) is 23.4. The molecule has 6 N–H and O–H groups in total. The van der Waals surface area contributed by atoms with E-state index in [1.54, 1.807) is 0 Å². The maximum Gasteiger partial charge on any atom is 0.335 e. The van der Waals surface area contributed by atoms with E-state index in [9.17, 15) is 39.2 Å². The van der Waals surface area contributed by atoms with Gasteiger partial charge in [0, 0.05) is 22.6 Å². The Hall–Kier alpha value is -4.05. The Morgan fingerprint density at radius 3 is 2.48 bits per heavy atom. The van der Waals surface area contributed by atoms with Crippen LogP contribution < -0.4 is 15.4 Å². The highest BCUT2D eigenvalue weighted by atomic mass is 19.1. The minimum Gasteiger partial charge on any atom is -0.479 e. The second-order valence-electron chi connectivity index (χ2n) is 9.09. The molecule has 2 rings (SSSR count). The molecule has 2 amide bonds. The average Bonchev–Trinajstić information content (AvgIpc) is 3.00. The number of alkyl halides is 1. The van der Waals surface area contributed by atoms with E-state index >= 15 is 0 Å². The summed E-state index contributed by atoms with van der Waals surface area (Å²) in [5.74, 6) is -0.697. The van der Waals surface area contributed by atoms with Gasteiger partial charge >= 0.3 is 5.97 Å². The van der Waals surface area contributed by atoms with E-state index in [2.05, 4.69) is 26.6 Å².